The van der Waals surface area contributed by atoms with Crippen LogP contribution in [0.1, 0.15) is 34.1 Å². The van der Waals surface area contributed by atoms with Gasteiger partial charge in [-0.25, -0.2) is 4.79 Å². The van der Waals surface area contributed by atoms with Crippen molar-refractivity contribution in [2.75, 3.05) is 5.32 Å². The molecule has 2 aromatic heterocycles. The Kier molecular flexibility index (Phi) is 5.38. The number of hydrogen-bond donors (Lipinski definition) is 3. The number of rotatable bonds is 0. The highest BCUT2D eigenvalue weighted by molar-refractivity contribution is 5.94. The molecule has 3 N–H and O–H groups in total. The van der Waals surface area contributed by atoms with Gasteiger partial charge < -0.3 is 10.4 Å². The predicted molar refractivity (Wildman–Crippen MR) is 86.3 cm³/mol. The van der Waals surface area contributed by atoms with Gasteiger partial charge in [0, 0.05) is 26.6 Å². The number of carboxylic acids is 1. The summed E-state index contributed by atoms with van der Waals surface area (Å²) in [6, 6.07) is 3.78. The van der Waals surface area contributed by atoms with Crippen LogP contribution >= 0.6 is 0 Å². The van der Waals surface area contributed by atoms with E-state index in [1.807, 2.05) is 12.1 Å². The van der Waals surface area contributed by atoms with Crippen LogP contribution in [0.2, 0.25) is 0 Å². The number of carbonyl (C=O) groups is 2. The lowest BCUT2D eigenvalue weighted by molar-refractivity contribution is -0.192. The molecule has 0 aliphatic carbocycles. The van der Waals surface area contributed by atoms with E-state index in [4.69, 9.17) is 12.6 Å². The van der Waals surface area contributed by atoms with Crippen LogP contribution in [0.4, 0.5) is 18.9 Å². The van der Waals surface area contributed by atoms with Crippen LogP contribution < -0.4 is 5.32 Å². The van der Waals surface area contributed by atoms with Crippen molar-refractivity contribution in [2.45, 2.75) is 38.2 Å². The Labute approximate surface area is 149 Å². The number of halogens is 3. The molecule has 26 heavy (non-hydrogen) atoms. The molecule has 10 heteroatoms. The standard InChI is InChI=1S/C14H16N4O.C2HF3O2/c19-13-5-3-1-2-4-11-8-10(6-7-15-11)14-12(17-13)9-16-18-14;3-2(4,5)1(6)7/h6-9H,1-5H2,(H,16,18)(H,17,19);(H,6,7)/i1D,3D;. The number of fused-ring (bicyclic) bond motifs is 4. The summed E-state index contributed by atoms with van der Waals surface area (Å²) in [5.74, 6) is -3.02. The van der Waals surface area contributed by atoms with Crippen LogP contribution in [0.3, 0.4) is 0 Å². The molecule has 1 aliphatic rings. The van der Waals surface area contributed by atoms with Gasteiger partial charge in [0.05, 0.1) is 17.6 Å². The van der Waals surface area contributed by atoms with Gasteiger partial charge in [-0.05, 0) is 31.4 Å². The van der Waals surface area contributed by atoms with Gasteiger partial charge in [0.25, 0.3) is 0 Å². The highest BCUT2D eigenvalue weighted by atomic mass is 19.4. The van der Waals surface area contributed by atoms with Gasteiger partial charge in [-0.2, -0.15) is 18.3 Å². The lowest BCUT2D eigenvalue weighted by Gasteiger charge is -2.09. The summed E-state index contributed by atoms with van der Waals surface area (Å²) in [4.78, 5) is 25.2. The van der Waals surface area contributed by atoms with Crippen molar-refractivity contribution in [1.29, 1.82) is 0 Å². The number of alkyl halides is 3. The van der Waals surface area contributed by atoms with Crippen molar-refractivity contribution in [3.8, 4) is 11.3 Å². The topological polar surface area (TPSA) is 108 Å². The van der Waals surface area contributed by atoms with Gasteiger partial charge in [-0.1, -0.05) is 6.40 Å². The number of amides is 1. The number of aryl methyl sites for hydroxylation is 1. The van der Waals surface area contributed by atoms with Crippen molar-refractivity contribution in [2.24, 2.45) is 0 Å². The first-order valence-electron chi connectivity index (χ1n) is 8.66. The van der Waals surface area contributed by atoms with E-state index in [1.165, 1.54) is 0 Å². The molecule has 140 valence electrons. The Morgan fingerprint density at radius 2 is 2.04 bits per heavy atom. The number of H-pyrrole nitrogens is 1. The first-order chi connectivity index (χ1) is 13.1. The number of aromatic amines is 1. The molecule has 1 amide bonds. The minimum atomic E-state index is -5.08. The summed E-state index contributed by atoms with van der Waals surface area (Å²) >= 11 is 0. The van der Waals surface area contributed by atoms with Crippen molar-refractivity contribution in [3.05, 3.63) is 30.2 Å². The van der Waals surface area contributed by atoms with E-state index in [-0.39, 0.29) is 12.3 Å². The van der Waals surface area contributed by atoms with Crippen molar-refractivity contribution < 1.29 is 30.6 Å². The zero-order chi connectivity index (χ0) is 20.9. The number of hydrogen-bond acceptors (Lipinski definition) is 4. The molecule has 2 atom stereocenters. The molecule has 0 saturated heterocycles. The van der Waals surface area contributed by atoms with E-state index in [9.17, 15) is 18.0 Å². The van der Waals surface area contributed by atoms with Crippen LogP contribution in [0.15, 0.2) is 24.5 Å². The molecule has 3 rings (SSSR count). The molecule has 2 bridgehead atoms. The van der Waals surface area contributed by atoms with Crippen LogP contribution in [0.25, 0.3) is 11.3 Å². The number of carbonyl (C=O) groups excluding carboxylic acids is 1. The van der Waals surface area contributed by atoms with Gasteiger partial charge in [-0.15, -0.1) is 0 Å². The summed E-state index contributed by atoms with van der Waals surface area (Å²) in [6.07, 6.45) is -1.99. The second-order valence-electron chi connectivity index (χ2n) is 5.26. The molecule has 1 aliphatic heterocycles. The first kappa shape index (κ1) is 16.6. The molecule has 0 spiro atoms. The smallest absolute Gasteiger partial charge is 0.475 e. The molecular formula is C16H17F3N4O3. The Bertz CT molecular complexity index is 845. The number of nitrogens with one attached hydrogen (secondary N) is 2. The summed E-state index contributed by atoms with van der Waals surface area (Å²) in [6.45, 7) is 0. The number of aliphatic carboxylic acids is 1. The van der Waals surface area contributed by atoms with Gasteiger partial charge in [-0.3, -0.25) is 14.9 Å². The fourth-order valence-electron chi connectivity index (χ4n) is 2.11. The average Bonchev–Trinajstić information content (AvgIpc) is 3.06. The average molecular weight is 372 g/mol. The van der Waals surface area contributed by atoms with Crippen LogP contribution in [0.5, 0.6) is 0 Å². The first-order valence-corrected chi connectivity index (χ1v) is 7.51. The van der Waals surface area contributed by atoms with Crippen molar-refractivity contribution in [3.63, 3.8) is 0 Å². The maximum atomic E-state index is 12.0. The third-order valence-electron chi connectivity index (χ3n) is 3.30. The third kappa shape index (κ3) is 5.57. The number of nitrogens with zero attached hydrogens (tertiary/aromatic N) is 2. The van der Waals surface area contributed by atoms with Crippen LogP contribution in [-0.4, -0.2) is 38.3 Å². The maximum absolute atomic E-state index is 12.0. The Balaban J connectivity index is 0.000000345. The zero-order valence-electron chi connectivity index (χ0n) is 15.4. The highest BCUT2D eigenvalue weighted by Gasteiger charge is 2.38. The zero-order valence-corrected chi connectivity index (χ0v) is 13.4. The van der Waals surface area contributed by atoms with Crippen molar-refractivity contribution in [1.82, 2.24) is 15.2 Å². The minimum absolute atomic E-state index is 0.0140. The number of anilines is 1. The SMILES string of the molecule is O=C(O)C(F)(F)F.[2H]C1CCc2cc(ccn2)-c2[nH]ncc2NC(=O)CC1[2H]. The molecule has 7 nitrogen and oxygen atoms in total. The Hall–Kier alpha value is -2.91. The Morgan fingerprint density at radius 3 is 2.73 bits per heavy atom. The summed E-state index contributed by atoms with van der Waals surface area (Å²) in [5, 5.41) is 16.7. The molecule has 0 radical (unpaired) electrons. The summed E-state index contributed by atoms with van der Waals surface area (Å²) < 4.78 is 47.6. The Morgan fingerprint density at radius 1 is 1.31 bits per heavy atom. The highest BCUT2D eigenvalue weighted by Crippen LogP contribution is 2.26. The van der Waals surface area contributed by atoms with E-state index < -0.39 is 24.9 Å². The summed E-state index contributed by atoms with van der Waals surface area (Å²) in [7, 11) is 0. The number of aromatic nitrogens is 3. The maximum Gasteiger partial charge on any atom is 0.490 e. The van der Waals surface area contributed by atoms with Crippen LogP contribution in [0, 0.1) is 0 Å². The molecule has 2 aromatic rings. The van der Waals surface area contributed by atoms with E-state index in [1.54, 1.807) is 12.4 Å². The quantitative estimate of drug-likeness (QED) is 0.658. The number of pyridine rings is 1. The van der Waals surface area contributed by atoms with Gasteiger partial charge >= 0.3 is 12.1 Å². The second kappa shape index (κ2) is 8.45. The van der Waals surface area contributed by atoms with E-state index in [0.717, 1.165) is 17.0 Å². The predicted octanol–water partition coefficient (Wildman–Crippen LogP) is 3.16. The molecular weight excluding hydrogens is 353 g/mol. The van der Waals surface area contributed by atoms with Gasteiger partial charge in [0.15, 0.2) is 0 Å². The third-order valence-corrected chi connectivity index (χ3v) is 3.30. The number of carboxylic acid groups (broad SMARTS) is 1. The normalized spacial score (nSPS) is 21.4. The molecule has 2 unspecified atom stereocenters. The van der Waals surface area contributed by atoms with Gasteiger partial charge in [0.1, 0.15) is 0 Å². The van der Waals surface area contributed by atoms with E-state index in [2.05, 4.69) is 20.5 Å². The second-order valence-corrected chi connectivity index (χ2v) is 5.26. The van der Waals surface area contributed by atoms with E-state index >= 15 is 0 Å². The summed E-state index contributed by atoms with van der Waals surface area (Å²) in [5.41, 5.74) is 3.10. The molecule has 3 heterocycles. The van der Waals surface area contributed by atoms with Crippen molar-refractivity contribution >= 4 is 17.6 Å². The minimum Gasteiger partial charge on any atom is -0.475 e. The van der Waals surface area contributed by atoms with E-state index in [0.29, 0.717) is 18.5 Å². The fourth-order valence-corrected chi connectivity index (χ4v) is 2.11. The fraction of sp³-hybridized carbons (Fsp3) is 0.375. The lowest BCUT2D eigenvalue weighted by Crippen LogP contribution is -2.21. The van der Waals surface area contributed by atoms with Gasteiger partial charge in [0.2, 0.25) is 5.91 Å². The molecule has 0 fully saturated rings. The largest absolute Gasteiger partial charge is 0.490 e. The molecule has 0 saturated carbocycles. The molecule has 0 aromatic carbocycles. The monoisotopic (exact) mass is 372 g/mol. The van der Waals surface area contributed by atoms with Crippen LogP contribution in [-0.2, 0) is 16.0 Å². The lowest BCUT2D eigenvalue weighted by atomic mass is 10.1.